The van der Waals surface area contributed by atoms with E-state index in [2.05, 4.69) is 24.2 Å². The topological polar surface area (TPSA) is 52.3 Å². The molecule has 0 aliphatic carbocycles. The van der Waals surface area contributed by atoms with E-state index in [1.165, 1.54) is 5.56 Å². The average Bonchev–Trinajstić information content (AvgIpc) is 3.13. The number of methoxy groups -OCH3 is 1. The second-order valence-electron chi connectivity index (χ2n) is 6.75. The summed E-state index contributed by atoms with van der Waals surface area (Å²) in [6.45, 7) is 5.64. The van der Waals surface area contributed by atoms with Crippen molar-refractivity contribution < 1.29 is 9.53 Å². The Morgan fingerprint density at radius 3 is 2.65 bits per heavy atom. The lowest BCUT2D eigenvalue weighted by Crippen LogP contribution is -2.34. The molecular formula is C20H26N4O2. The van der Waals surface area contributed by atoms with Gasteiger partial charge in [0.2, 0.25) is 0 Å². The van der Waals surface area contributed by atoms with Gasteiger partial charge >= 0.3 is 0 Å². The minimum atomic E-state index is 0.0153. The van der Waals surface area contributed by atoms with Gasteiger partial charge < -0.3 is 14.2 Å². The molecule has 0 atom stereocenters. The predicted octanol–water partition coefficient (Wildman–Crippen LogP) is 2.82. The van der Waals surface area contributed by atoms with Crippen molar-refractivity contribution in [3.05, 3.63) is 53.0 Å². The van der Waals surface area contributed by atoms with E-state index in [1.807, 2.05) is 42.7 Å². The summed E-state index contributed by atoms with van der Waals surface area (Å²) in [5, 5.41) is 5.33. The van der Waals surface area contributed by atoms with Gasteiger partial charge in [-0.3, -0.25) is 9.48 Å². The first-order valence-electron chi connectivity index (χ1n) is 8.74. The van der Waals surface area contributed by atoms with Gasteiger partial charge in [0.25, 0.3) is 5.91 Å². The third-order valence-corrected chi connectivity index (χ3v) is 4.85. The molecule has 3 aromatic rings. The molecule has 2 heterocycles. The van der Waals surface area contributed by atoms with E-state index in [-0.39, 0.29) is 5.91 Å². The third-order valence-electron chi connectivity index (χ3n) is 4.85. The molecule has 0 unspecified atom stereocenters. The van der Waals surface area contributed by atoms with E-state index in [1.54, 1.807) is 18.0 Å². The third kappa shape index (κ3) is 3.24. The number of aromatic nitrogens is 3. The molecule has 0 fully saturated rings. The van der Waals surface area contributed by atoms with Crippen LogP contribution in [0.4, 0.5) is 0 Å². The van der Waals surface area contributed by atoms with E-state index < -0.39 is 0 Å². The summed E-state index contributed by atoms with van der Waals surface area (Å²) in [5.41, 5.74) is 5.04. The molecule has 0 saturated heterocycles. The largest absolute Gasteiger partial charge is 0.383 e. The highest BCUT2D eigenvalue weighted by Crippen LogP contribution is 2.28. The molecule has 0 radical (unpaired) electrons. The van der Waals surface area contributed by atoms with Crippen molar-refractivity contribution in [3.63, 3.8) is 0 Å². The maximum Gasteiger partial charge on any atom is 0.271 e. The van der Waals surface area contributed by atoms with Crippen molar-refractivity contribution in [1.82, 2.24) is 19.2 Å². The molecule has 0 aliphatic rings. The SMILES string of the molecule is COCCN(Cc1cnn(C)c1)C(=O)c1c(C)c2cccc(C)c2n1C. The Bertz CT molecular complexity index is 939. The van der Waals surface area contributed by atoms with Gasteiger partial charge in [-0.15, -0.1) is 0 Å². The zero-order valence-corrected chi connectivity index (χ0v) is 16.1. The van der Waals surface area contributed by atoms with Crippen LogP contribution in [0.3, 0.4) is 0 Å². The lowest BCUT2D eigenvalue weighted by molar-refractivity contribution is 0.0670. The van der Waals surface area contributed by atoms with Gasteiger partial charge in [0.1, 0.15) is 5.69 Å². The van der Waals surface area contributed by atoms with E-state index in [0.717, 1.165) is 27.7 Å². The zero-order valence-electron chi connectivity index (χ0n) is 16.1. The molecule has 0 spiro atoms. The molecule has 1 aromatic carbocycles. The second-order valence-corrected chi connectivity index (χ2v) is 6.75. The van der Waals surface area contributed by atoms with E-state index >= 15 is 0 Å². The summed E-state index contributed by atoms with van der Waals surface area (Å²) in [6.07, 6.45) is 3.73. The Hall–Kier alpha value is -2.60. The monoisotopic (exact) mass is 354 g/mol. The summed E-state index contributed by atoms with van der Waals surface area (Å²) in [5.74, 6) is 0.0153. The fraction of sp³-hybridized carbons (Fsp3) is 0.400. The number of fused-ring (bicyclic) bond motifs is 1. The van der Waals surface area contributed by atoms with Crippen LogP contribution in [-0.4, -0.2) is 45.4 Å². The zero-order chi connectivity index (χ0) is 18.8. The van der Waals surface area contributed by atoms with Gasteiger partial charge in [-0.05, 0) is 25.0 Å². The Labute approximate surface area is 154 Å². The molecule has 6 heteroatoms. The van der Waals surface area contributed by atoms with Gasteiger partial charge in [0, 0.05) is 51.4 Å². The van der Waals surface area contributed by atoms with E-state index in [4.69, 9.17) is 4.74 Å². The smallest absolute Gasteiger partial charge is 0.271 e. The van der Waals surface area contributed by atoms with Crippen molar-refractivity contribution in [2.24, 2.45) is 14.1 Å². The number of aryl methyl sites for hydroxylation is 4. The molecule has 138 valence electrons. The standard InChI is InChI=1S/C20H26N4O2/c1-14-7-6-8-17-15(2)19(23(4)18(14)17)20(25)24(9-10-26-5)13-16-11-21-22(3)12-16/h6-8,11-12H,9-10,13H2,1-5H3. The van der Waals surface area contributed by atoms with Gasteiger partial charge in [-0.25, -0.2) is 0 Å². The fourth-order valence-corrected chi connectivity index (χ4v) is 3.58. The number of amides is 1. The Morgan fingerprint density at radius 2 is 2.04 bits per heavy atom. The quantitative estimate of drug-likeness (QED) is 0.684. The summed E-state index contributed by atoms with van der Waals surface area (Å²) in [6, 6.07) is 6.20. The number of carbonyl (C=O) groups excluding carboxylic acids is 1. The average molecular weight is 354 g/mol. The first-order valence-corrected chi connectivity index (χ1v) is 8.74. The Balaban J connectivity index is 2.01. The van der Waals surface area contributed by atoms with Gasteiger partial charge in [0.15, 0.2) is 0 Å². The predicted molar refractivity (Wildman–Crippen MR) is 102 cm³/mol. The first-order chi connectivity index (χ1) is 12.4. The number of carbonyl (C=O) groups is 1. The number of rotatable bonds is 6. The molecule has 0 N–H and O–H groups in total. The number of ether oxygens (including phenoxy) is 1. The van der Waals surface area contributed by atoms with E-state index in [0.29, 0.717) is 19.7 Å². The van der Waals surface area contributed by atoms with Crippen LogP contribution < -0.4 is 0 Å². The summed E-state index contributed by atoms with van der Waals surface area (Å²) in [7, 11) is 5.49. The second kappa shape index (κ2) is 7.33. The molecule has 3 rings (SSSR count). The molecule has 1 amide bonds. The number of para-hydroxylation sites is 1. The molecule has 0 saturated carbocycles. The number of nitrogens with zero attached hydrogens (tertiary/aromatic N) is 4. The van der Waals surface area contributed by atoms with Crippen molar-refractivity contribution in [2.45, 2.75) is 20.4 Å². The normalized spacial score (nSPS) is 11.3. The van der Waals surface area contributed by atoms with Crippen LogP contribution in [-0.2, 0) is 25.4 Å². The summed E-state index contributed by atoms with van der Waals surface area (Å²) >= 11 is 0. The maximum atomic E-state index is 13.4. The Morgan fingerprint density at radius 1 is 1.27 bits per heavy atom. The Kier molecular flexibility index (Phi) is 5.13. The highest BCUT2D eigenvalue weighted by atomic mass is 16.5. The van der Waals surface area contributed by atoms with Gasteiger partial charge in [-0.1, -0.05) is 18.2 Å². The number of benzene rings is 1. The number of hydrogen-bond acceptors (Lipinski definition) is 3. The van der Waals surface area contributed by atoms with Gasteiger partial charge in [0.05, 0.1) is 18.3 Å². The van der Waals surface area contributed by atoms with Crippen molar-refractivity contribution >= 4 is 16.8 Å². The highest BCUT2D eigenvalue weighted by molar-refractivity contribution is 6.02. The summed E-state index contributed by atoms with van der Waals surface area (Å²) < 4.78 is 8.99. The van der Waals surface area contributed by atoms with Crippen LogP contribution in [0.1, 0.15) is 27.2 Å². The van der Waals surface area contributed by atoms with Crippen LogP contribution in [0.25, 0.3) is 10.9 Å². The molecule has 6 nitrogen and oxygen atoms in total. The van der Waals surface area contributed by atoms with Crippen LogP contribution >= 0.6 is 0 Å². The summed E-state index contributed by atoms with van der Waals surface area (Å²) in [4.78, 5) is 15.2. The van der Waals surface area contributed by atoms with E-state index in [9.17, 15) is 4.79 Å². The minimum Gasteiger partial charge on any atom is -0.383 e. The van der Waals surface area contributed by atoms with Crippen molar-refractivity contribution in [3.8, 4) is 0 Å². The van der Waals surface area contributed by atoms with Crippen LogP contribution in [0.2, 0.25) is 0 Å². The van der Waals surface area contributed by atoms with Crippen LogP contribution in [0.5, 0.6) is 0 Å². The molecule has 0 bridgehead atoms. The maximum absolute atomic E-state index is 13.4. The molecule has 0 aliphatic heterocycles. The lowest BCUT2D eigenvalue weighted by atomic mass is 10.1. The molecule has 26 heavy (non-hydrogen) atoms. The van der Waals surface area contributed by atoms with Gasteiger partial charge in [-0.2, -0.15) is 5.10 Å². The van der Waals surface area contributed by atoms with Crippen LogP contribution in [0.15, 0.2) is 30.6 Å². The van der Waals surface area contributed by atoms with Crippen molar-refractivity contribution in [1.29, 1.82) is 0 Å². The molecule has 2 aromatic heterocycles. The first kappa shape index (κ1) is 18.2. The molecular weight excluding hydrogens is 328 g/mol. The van der Waals surface area contributed by atoms with Crippen LogP contribution in [0, 0.1) is 13.8 Å². The number of hydrogen-bond donors (Lipinski definition) is 0. The fourth-order valence-electron chi connectivity index (χ4n) is 3.58. The minimum absolute atomic E-state index is 0.0153. The lowest BCUT2D eigenvalue weighted by Gasteiger charge is -2.22. The van der Waals surface area contributed by atoms with Crippen molar-refractivity contribution in [2.75, 3.05) is 20.3 Å². The highest BCUT2D eigenvalue weighted by Gasteiger charge is 2.24.